The van der Waals surface area contributed by atoms with Gasteiger partial charge in [0.25, 0.3) is 0 Å². The highest BCUT2D eigenvalue weighted by molar-refractivity contribution is 5.97. The SMILES string of the molecule is C=C[C@@H]1C[C@]1(NC(=O)[C@@H]1C[C@@H](O)CN1C(=O)C(NC(C)CCCCCCC1=CCCC2=C1CNC2)C(C)C)C(N)=O. The summed E-state index contributed by atoms with van der Waals surface area (Å²) in [5.74, 6) is -1.46. The number of unbranched alkanes of at least 4 members (excludes halogenated alkanes) is 3. The molecule has 6 N–H and O–H groups in total. The lowest BCUT2D eigenvalue weighted by molar-refractivity contribution is -0.142. The van der Waals surface area contributed by atoms with Gasteiger partial charge in [0.2, 0.25) is 17.7 Å². The smallest absolute Gasteiger partial charge is 0.243 e. The molecule has 9 heteroatoms. The number of aliphatic hydroxyl groups excluding tert-OH is 1. The number of nitrogens with zero attached hydrogens (tertiary/aromatic N) is 1. The lowest BCUT2D eigenvalue weighted by atomic mass is 9.89. The maximum Gasteiger partial charge on any atom is 0.243 e. The van der Waals surface area contributed by atoms with Gasteiger partial charge in [-0.15, -0.1) is 6.58 Å². The van der Waals surface area contributed by atoms with Crippen LogP contribution >= 0.6 is 0 Å². The van der Waals surface area contributed by atoms with Crippen LogP contribution in [0.1, 0.15) is 85.0 Å². The fourth-order valence-electron chi connectivity index (χ4n) is 6.85. The highest BCUT2D eigenvalue weighted by Gasteiger charge is 2.59. The van der Waals surface area contributed by atoms with Gasteiger partial charge in [0.1, 0.15) is 11.6 Å². The first-order valence-electron chi connectivity index (χ1n) is 15.7. The minimum Gasteiger partial charge on any atom is -0.391 e. The zero-order valence-electron chi connectivity index (χ0n) is 25.2. The molecule has 0 aromatic heterocycles. The average molecular weight is 570 g/mol. The van der Waals surface area contributed by atoms with Crippen LogP contribution in [0.15, 0.2) is 35.5 Å². The third-order valence-electron chi connectivity index (χ3n) is 9.47. The molecule has 228 valence electrons. The highest BCUT2D eigenvalue weighted by atomic mass is 16.3. The monoisotopic (exact) mass is 569 g/mol. The molecule has 1 saturated carbocycles. The van der Waals surface area contributed by atoms with E-state index in [1.807, 2.05) is 13.8 Å². The topological polar surface area (TPSA) is 137 Å². The van der Waals surface area contributed by atoms with Crippen molar-refractivity contribution in [2.75, 3.05) is 19.6 Å². The van der Waals surface area contributed by atoms with E-state index in [0.717, 1.165) is 32.4 Å². The Morgan fingerprint density at radius 2 is 1.98 bits per heavy atom. The molecule has 0 radical (unpaired) electrons. The predicted molar refractivity (Wildman–Crippen MR) is 161 cm³/mol. The Bertz CT molecular complexity index is 1070. The summed E-state index contributed by atoms with van der Waals surface area (Å²) in [5, 5.41) is 20.2. The Labute approximate surface area is 245 Å². The van der Waals surface area contributed by atoms with Gasteiger partial charge in [-0.25, -0.2) is 0 Å². The summed E-state index contributed by atoms with van der Waals surface area (Å²) >= 11 is 0. The van der Waals surface area contributed by atoms with Crippen LogP contribution in [0.2, 0.25) is 0 Å². The molecule has 41 heavy (non-hydrogen) atoms. The molecule has 4 aliphatic rings. The number of amides is 3. The molecule has 4 rings (SSSR count). The fraction of sp³-hybridized carbons (Fsp3) is 0.719. The van der Waals surface area contributed by atoms with Crippen LogP contribution in [0.4, 0.5) is 0 Å². The van der Waals surface area contributed by atoms with Crippen molar-refractivity contribution in [3.63, 3.8) is 0 Å². The van der Waals surface area contributed by atoms with E-state index in [4.69, 9.17) is 5.73 Å². The predicted octanol–water partition coefficient (Wildman–Crippen LogP) is 2.46. The number of rotatable bonds is 15. The van der Waals surface area contributed by atoms with Crippen molar-refractivity contribution in [2.24, 2.45) is 17.6 Å². The number of nitrogens with one attached hydrogen (secondary N) is 3. The van der Waals surface area contributed by atoms with Gasteiger partial charge in [-0.1, -0.05) is 50.8 Å². The number of primary amides is 1. The molecular formula is C32H51N5O4. The molecule has 2 fully saturated rings. The minimum atomic E-state index is -1.15. The van der Waals surface area contributed by atoms with Gasteiger partial charge in [0.15, 0.2) is 0 Å². The van der Waals surface area contributed by atoms with E-state index in [1.165, 1.54) is 37.0 Å². The normalized spacial score (nSPS) is 28.8. The Morgan fingerprint density at radius 1 is 1.22 bits per heavy atom. The van der Waals surface area contributed by atoms with Crippen molar-refractivity contribution in [1.29, 1.82) is 0 Å². The fourth-order valence-corrected chi connectivity index (χ4v) is 6.85. The molecule has 2 aliphatic carbocycles. The number of hydrogen-bond donors (Lipinski definition) is 5. The second-order valence-electron chi connectivity index (χ2n) is 13.0. The molecule has 9 nitrogen and oxygen atoms in total. The number of carbonyl (C=O) groups is 3. The number of allylic oxidation sites excluding steroid dienone is 1. The van der Waals surface area contributed by atoms with E-state index in [1.54, 1.807) is 22.8 Å². The molecule has 1 saturated heterocycles. The van der Waals surface area contributed by atoms with Gasteiger partial charge in [-0.05, 0) is 62.5 Å². The quantitative estimate of drug-likeness (QED) is 0.152. The molecule has 3 amide bonds. The van der Waals surface area contributed by atoms with Crippen LogP contribution in [-0.4, -0.2) is 77.1 Å². The summed E-state index contributed by atoms with van der Waals surface area (Å²) in [7, 11) is 0. The first-order valence-corrected chi connectivity index (χ1v) is 15.7. The molecule has 0 bridgehead atoms. The van der Waals surface area contributed by atoms with Gasteiger partial charge in [-0.3, -0.25) is 14.4 Å². The molecule has 0 spiro atoms. The van der Waals surface area contributed by atoms with Gasteiger partial charge in [0, 0.05) is 38.0 Å². The van der Waals surface area contributed by atoms with E-state index >= 15 is 0 Å². The van der Waals surface area contributed by atoms with Crippen molar-refractivity contribution in [1.82, 2.24) is 20.9 Å². The third-order valence-corrected chi connectivity index (χ3v) is 9.47. The van der Waals surface area contributed by atoms with E-state index in [-0.39, 0.29) is 36.8 Å². The van der Waals surface area contributed by atoms with E-state index in [9.17, 15) is 19.5 Å². The second kappa shape index (κ2) is 13.7. The molecule has 2 aliphatic heterocycles. The van der Waals surface area contributed by atoms with Gasteiger partial charge in [-0.2, -0.15) is 0 Å². The van der Waals surface area contributed by atoms with Crippen LogP contribution in [0.25, 0.3) is 0 Å². The number of aliphatic hydroxyl groups is 1. The molecule has 6 atom stereocenters. The standard InChI is InChI=1S/C32H51N5O4/c1-5-24-16-32(24,31(33)41)36-29(39)27-15-25(38)19-37(27)30(40)28(20(2)3)35-21(4)11-8-6-7-9-12-22-13-10-14-23-17-34-18-26(22)23/h5,13,20-21,24-25,27-28,34-35,38H,1,6-12,14-19H2,2-4H3,(H2,33,41)(H,36,39)/t21?,24-,25-,27+,28?,32-/m1/s1. The van der Waals surface area contributed by atoms with Crippen LogP contribution in [0.3, 0.4) is 0 Å². The molecule has 2 heterocycles. The molecule has 0 aromatic rings. The van der Waals surface area contributed by atoms with Gasteiger partial charge in [0.05, 0.1) is 12.1 Å². The zero-order chi connectivity index (χ0) is 29.7. The van der Waals surface area contributed by atoms with Crippen molar-refractivity contribution in [3.8, 4) is 0 Å². The van der Waals surface area contributed by atoms with E-state index in [2.05, 4.69) is 35.5 Å². The Kier molecular flexibility index (Phi) is 10.5. The molecular weight excluding hydrogens is 518 g/mol. The van der Waals surface area contributed by atoms with Gasteiger partial charge >= 0.3 is 0 Å². The largest absolute Gasteiger partial charge is 0.391 e. The lowest BCUT2D eigenvalue weighted by Crippen LogP contribution is -2.58. The number of β-amino-alcohol motifs (C(OH)–C–C–N with tert-alkyl or cyclic N) is 1. The lowest BCUT2D eigenvalue weighted by Gasteiger charge is -2.32. The van der Waals surface area contributed by atoms with E-state index in [0.29, 0.717) is 6.42 Å². The van der Waals surface area contributed by atoms with Crippen molar-refractivity contribution in [2.45, 2.75) is 115 Å². The Hall–Kier alpha value is -2.49. The summed E-state index contributed by atoms with van der Waals surface area (Å²) in [6.07, 6.45) is 13.0. The average Bonchev–Trinajstić information content (AvgIpc) is 3.23. The summed E-state index contributed by atoms with van der Waals surface area (Å²) in [6, 6.07) is -1.18. The molecule has 0 aromatic carbocycles. The minimum absolute atomic E-state index is 0.00462. The number of hydrogen-bond acceptors (Lipinski definition) is 6. The number of nitrogens with two attached hydrogens (primary N) is 1. The van der Waals surface area contributed by atoms with Crippen LogP contribution in [0.5, 0.6) is 0 Å². The second-order valence-corrected chi connectivity index (χ2v) is 13.0. The Morgan fingerprint density at radius 3 is 2.66 bits per heavy atom. The summed E-state index contributed by atoms with van der Waals surface area (Å²) in [4.78, 5) is 40.5. The van der Waals surface area contributed by atoms with E-state index < -0.39 is 35.5 Å². The molecule has 2 unspecified atom stereocenters. The first kappa shape index (κ1) is 31.4. The Balaban J connectivity index is 1.23. The van der Waals surface area contributed by atoms with Crippen molar-refractivity contribution in [3.05, 3.63) is 35.5 Å². The van der Waals surface area contributed by atoms with Gasteiger partial charge < -0.3 is 31.7 Å². The van der Waals surface area contributed by atoms with Crippen LogP contribution in [0, 0.1) is 11.8 Å². The zero-order valence-corrected chi connectivity index (χ0v) is 25.2. The summed E-state index contributed by atoms with van der Waals surface area (Å²) in [5.41, 5.74) is 9.19. The van der Waals surface area contributed by atoms with Crippen molar-refractivity contribution >= 4 is 17.7 Å². The summed E-state index contributed by atoms with van der Waals surface area (Å²) < 4.78 is 0. The number of carbonyl (C=O) groups excluding carboxylic acids is 3. The summed E-state index contributed by atoms with van der Waals surface area (Å²) in [6.45, 7) is 12.0. The maximum absolute atomic E-state index is 13.7. The van der Waals surface area contributed by atoms with Crippen LogP contribution in [-0.2, 0) is 14.4 Å². The maximum atomic E-state index is 13.7. The van der Waals surface area contributed by atoms with Crippen LogP contribution < -0.4 is 21.7 Å². The third kappa shape index (κ3) is 7.30. The van der Waals surface area contributed by atoms with Crippen molar-refractivity contribution < 1.29 is 19.5 Å². The first-order chi connectivity index (χ1) is 19.6. The highest BCUT2D eigenvalue weighted by Crippen LogP contribution is 2.44. The number of likely N-dealkylation sites (tertiary alicyclic amines) is 1.